The fourth-order valence-electron chi connectivity index (χ4n) is 1.85. The molecule has 1 amide bonds. The number of anilines is 1. The minimum Gasteiger partial charge on any atom is -0.378 e. The average molecular weight is 300 g/mol. The molecule has 0 spiro atoms. The second-order valence-corrected chi connectivity index (χ2v) is 5.20. The van der Waals surface area contributed by atoms with Crippen LogP contribution in [-0.4, -0.2) is 21.0 Å². The predicted octanol–water partition coefficient (Wildman–Crippen LogP) is 1.87. The van der Waals surface area contributed by atoms with Crippen LogP contribution in [0.1, 0.15) is 11.7 Å². The molecule has 0 fully saturated rings. The van der Waals surface area contributed by atoms with Crippen molar-refractivity contribution in [3.05, 3.63) is 53.7 Å². The molecule has 2 aromatic heterocycles. The average Bonchev–Trinajstić information content (AvgIpc) is 3.02. The molecule has 0 aliphatic heterocycles. The van der Waals surface area contributed by atoms with Gasteiger partial charge in [-0.25, -0.2) is 9.97 Å². The molecule has 21 heavy (non-hydrogen) atoms. The van der Waals surface area contributed by atoms with Crippen molar-refractivity contribution in [2.75, 3.05) is 5.43 Å². The van der Waals surface area contributed by atoms with Gasteiger partial charge in [-0.1, -0.05) is 30.3 Å². The van der Waals surface area contributed by atoms with Crippen LogP contribution in [0.3, 0.4) is 0 Å². The first kappa shape index (κ1) is 13.5. The van der Waals surface area contributed by atoms with Gasteiger partial charge in [0, 0.05) is 0 Å². The molecule has 0 radical (unpaired) electrons. The van der Waals surface area contributed by atoms with E-state index in [0.717, 1.165) is 10.2 Å². The van der Waals surface area contributed by atoms with Crippen molar-refractivity contribution < 1.29 is 9.90 Å². The Bertz CT molecular complexity index is 760. The standard InChI is InChI=1S/C14H12N4O2S/c19-11(9-4-2-1-3-5-9)14(20)18-17-13-12-10(6-7-21-12)15-8-16-13/h1-8,11,19H,(H,18,20)(H,15,16,17). The number of rotatable bonds is 4. The quantitative estimate of drug-likeness (QED) is 0.640. The summed E-state index contributed by atoms with van der Waals surface area (Å²) in [6.07, 6.45) is 0.177. The summed E-state index contributed by atoms with van der Waals surface area (Å²) in [6.45, 7) is 0. The zero-order valence-corrected chi connectivity index (χ0v) is 11.7. The largest absolute Gasteiger partial charge is 0.378 e. The van der Waals surface area contributed by atoms with Crippen LogP contribution in [0.4, 0.5) is 5.82 Å². The van der Waals surface area contributed by atoms with Crippen LogP contribution in [0.2, 0.25) is 0 Å². The molecule has 0 aliphatic carbocycles. The Morgan fingerprint density at radius 2 is 2.00 bits per heavy atom. The van der Waals surface area contributed by atoms with Gasteiger partial charge in [0.2, 0.25) is 0 Å². The number of benzene rings is 1. The highest BCUT2D eigenvalue weighted by molar-refractivity contribution is 7.17. The summed E-state index contributed by atoms with van der Waals surface area (Å²) < 4.78 is 0.840. The molecule has 3 N–H and O–H groups in total. The number of hydrogen-bond donors (Lipinski definition) is 3. The van der Waals surface area contributed by atoms with E-state index < -0.39 is 12.0 Å². The summed E-state index contributed by atoms with van der Waals surface area (Å²) in [5.74, 6) is -0.0480. The molecule has 1 unspecified atom stereocenters. The van der Waals surface area contributed by atoms with Gasteiger partial charge in [0.1, 0.15) is 6.33 Å². The normalized spacial score (nSPS) is 12.0. The van der Waals surface area contributed by atoms with E-state index in [1.807, 2.05) is 17.5 Å². The number of nitrogens with one attached hydrogen (secondary N) is 2. The molecule has 106 valence electrons. The van der Waals surface area contributed by atoms with Crippen LogP contribution in [0.5, 0.6) is 0 Å². The SMILES string of the molecule is O=C(NNc1ncnc2ccsc12)C(O)c1ccccc1. The maximum Gasteiger partial charge on any atom is 0.271 e. The molecule has 1 atom stereocenters. The van der Waals surface area contributed by atoms with Crippen molar-refractivity contribution >= 4 is 33.3 Å². The second-order valence-electron chi connectivity index (χ2n) is 4.28. The summed E-state index contributed by atoms with van der Waals surface area (Å²) in [6, 6.07) is 10.6. The smallest absolute Gasteiger partial charge is 0.271 e. The number of hydrogen-bond acceptors (Lipinski definition) is 6. The lowest BCUT2D eigenvalue weighted by atomic mass is 10.1. The van der Waals surface area contributed by atoms with Gasteiger partial charge in [-0.3, -0.25) is 15.6 Å². The van der Waals surface area contributed by atoms with Crippen LogP contribution < -0.4 is 10.9 Å². The summed E-state index contributed by atoms with van der Waals surface area (Å²) in [4.78, 5) is 20.1. The number of amides is 1. The number of nitrogens with zero attached hydrogens (tertiary/aromatic N) is 2. The van der Waals surface area contributed by atoms with Crippen LogP contribution in [-0.2, 0) is 4.79 Å². The lowest BCUT2D eigenvalue weighted by molar-refractivity contribution is -0.129. The molecule has 0 bridgehead atoms. The molecular formula is C14H12N4O2S. The minimum atomic E-state index is -1.24. The van der Waals surface area contributed by atoms with E-state index in [4.69, 9.17) is 0 Å². The first-order valence-electron chi connectivity index (χ1n) is 6.23. The van der Waals surface area contributed by atoms with Crippen molar-refractivity contribution in [2.24, 2.45) is 0 Å². The van der Waals surface area contributed by atoms with Gasteiger partial charge < -0.3 is 5.11 Å². The molecule has 0 saturated carbocycles. The molecule has 2 heterocycles. The molecule has 6 nitrogen and oxygen atoms in total. The first-order valence-corrected chi connectivity index (χ1v) is 7.11. The maximum absolute atomic E-state index is 11.9. The number of hydrazine groups is 1. The summed E-state index contributed by atoms with van der Waals surface area (Å²) in [7, 11) is 0. The minimum absolute atomic E-state index is 0.503. The third-order valence-corrected chi connectivity index (χ3v) is 3.82. The third kappa shape index (κ3) is 2.83. The van der Waals surface area contributed by atoms with Crippen molar-refractivity contribution in [3.8, 4) is 0 Å². The van der Waals surface area contributed by atoms with Crippen molar-refractivity contribution in [2.45, 2.75) is 6.10 Å². The van der Waals surface area contributed by atoms with E-state index in [-0.39, 0.29) is 0 Å². The second kappa shape index (κ2) is 5.86. The van der Waals surface area contributed by atoms with E-state index >= 15 is 0 Å². The highest BCUT2D eigenvalue weighted by Gasteiger charge is 2.17. The summed E-state index contributed by atoms with van der Waals surface area (Å²) in [5.41, 5.74) is 6.51. The van der Waals surface area contributed by atoms with Crippen LogP contribution in [0.15, 0.2) is 48.1 Å². The van der Waals surface area contributed by atoms with Gasteiger partial charge in [-0.2, -0.15) is 0 Å². The fourth-order valence-corrected chi connectivity index (χ4v) is 2.64. The highest BCUT2D eigenvalue weighted by atomic mass is 32.1. The molecule has 0 aliphatic rings. The van der Waals surface area contributed by atoms with Crippen molar-refractivity contribution in [1.82, 2.24) is 15.4 Å². The van der Waals surface area contributed by atoms with Crippen LogP contribution >= 0.6 is 11.3 Å². The van der Waals surface area contributed by atoms with Gasteiger partial charge in [0.05, 0.1) is 10.2 Å². The van der Waals surface area contributed by atoms with Crippen molar-refractivity contribution in [3.63, 3.8) is 0 Å². The number of carbonyl (C=O) groups is 1. The van der Waals surface area contributed by atoms with E-state index in [9.17, 15) is 9.90 Å². The van der Waals surface area contributed by atoms with Gasteiger partial charge >= 0.3 is 0 Å². The molecule has 0 saturated heterocycles. The lowest BCUT2D eigenvalue weighted by Crippen LogP contribution is -2.34. The van der Waals surface area contributed by atoms with Crippen LogP contribution in [0, 0.1) is 0 Å². The molecular weight excluding hydrogens is 288 g/mol. The Hall–Kier alpha value is -2.51. The Labute approximate surface area is 124 Å². The Morgan fingerprint density at radius 1 is 1.19 bits per heavy atom. The monoisotopic (exact) mass is 300 g/mol. The topological polar surface area (TPSA) is 87.1 Å². The first-order chi connectivity index (χ1) is 10.3. The number of fused-ring (bicyclic) bond motifs is 1. The molecule has 3 aromatic rings. The Morgan fingerprint density at radius 3 is 2.81 bits per heavy atom. The van der Waals surface area contributed by atoms with Gasteiger partial charge in [0.25, 0.3) is 5.91 Å². The number of aromatic nitrogens is 2. The Kier molecular flexibility index (Phi) is 3.76. The lowest BCUT2D eigenvalue weighted by Gasteiger charge is -2.12. The van der Waals surface area contributed by atoms with Crippen molar-refractivity contribution in [1.29, 1.82) is 0 Å². The van der Waals surface area contributed by atoms with Gasteiger partial charge in [-0.15, -0.1) is 11.3 Å². The highest BCUT2D eigenvalue weighted by Crippen LogP contribution is 2.24. The number of thiophene rings is 1. The van der Waals surface area contributed by atoms with E-state index in [2.05, 4.69) is 20.8 Å². The van der Waals surface area contributed by atoms with Gasteiger partial charge in [0.15, 0.2) is 11.9 Å². The zero-order chi connectivity index (χ0) is 14.7. The van der Waals surface area contributed by atoms with E-state index in [1.54, 1.807) is 24.3 Å². The maximum atomic E-state index is 11.9. The number of carbonyl (C=O) groups excluding carboxylic acids is 1. The fraction of sp³-hybridized carbons (Fsp3) is 0.0714. The third-order valence-electron chi connectivity index (χ3n) is 2.91. The number of aliphatic hydroxyl groups excluding tert-OH is 1. The zero-order valence-electron chi connectivity index (χ0n) is 10.9. The van der Waals surface area contributed by atoms with E-state index in [1.165, 1.54) is 17.7 Å². The summed E-state index contributed by atoms with van der Waals surface area (Å²) >= 11 is 1.47. The van der Waals surface area contributed by atoms with Gasteiger partial charge in [-0.05, 0) is 17.0 Å². The molecule has 3 rings (SSSR count). The van der Waals surface area contributed by atoms with Crippen LogP contribution in [0.25, 0.3) is 10.2 Å². The molecule has 7 heteroatoms. The van der Waals surface area contributed by atoms with E-state index in [0.29, 0.717) is 11.4 Å². The predicted molar refractivity (Wildman–Crippen MR) is 80.6 cm³/mol. The summed E-state index contributed by atoms with van der Waals surface area (Å²) in [5, 5.41) is 11.9. The molecule has 1 aromatic carbocycles. The number of aliphatic hydroxyl groups is 1. The Balaban J connectivity index is 1.70.